The molecule has 23 heavy (non-hydrogen) atoms. The summed E-state index contributed by atoms with van der Waals surface area (Å²) < 4.78 is 5.60. The van der Waals surface area contributed by atoms with Crippen LogP contribution in [-0.4, -0.2) is 34.8 Å². The summed E-state index contributed by atoms with van der Waals surface area (Å²) in [7, 11) is 0. The lowest BCUT2D eigenvalue weighted by Gasteiger charge is -2.16. The van der Waals surface area contributed by atoms with Gasteiger partial charge in [0, 0.05) is 12.0 Å². The topological polar surface area (TPSA) is 66.8 Å². The van der Waals surface area contributed by atoms with E-state index in [2.05, 4.69) is 0 Å². The van der Waals surface area contributed by atoms with Gasteiger partial charge in [0.15, 0.2) is 5.78 Å². The highest BCUT2D eigenvalue weighted by Crippen LogP contribution is 2.22. The average Bonchev–Trinajstić information content (AvgIpc) is 2.60. The summed E-state index contributed by atoms with van der Waals surface area (Å²) in [5, 5.41) is 19.4. The van der Waals surface area contributed by atoms with Gasteiger partial charge in [-0.25, -0.2) is 0 Å². The number of aliphatic hydroxyl groups excluding tert-OH is 2. The second-order valence-electron chi connectivity index (χ2n) is 5.45. The maximum Gasteiger partial charge on any atom is 0.196 e. The van der Waals surface area contributed by atoms with Gasteiger partial charge in [-0.3, -0.25) is 4.79 Å². The lowest BCUT2D eigenvalue weighted by atomic mass is 10.0. The molecule has 0 aliphatic carbocycles. The van der Waals surface area contributed by atoms with Gasteiger partial charge in [-0.2, -0.15) is 0 Å². The first-order valence-corrected chi connectivity index (χ1v) is 7.79. The number of para-hydroxylation sites is 1. The number of hydrogen-bond acceptors (Lipinski definition) is 4. The van der Waals surface area contributed by atoms with Crippen molar-refractivity contribution in [2.24, 2.45) is 0 Å². The van der Waals surface area contributed by atoms with Crippen molar-refractivity contribution in [3.63, 3.8) is 0 Å². The predicted molar refractivity (Wildman–Crippen MR) is 88.7 cm³/mol. The molecular formula is C19H22O4. The van der Waals surface area contributed by atoms with Crippen LogP contribution in [0, 0.1) is 0 Å². The van der Waals surface area contributed by atoms with Crippen LogP contribution in [-0.2, 0) is 0 Å². The van der Waals surface area contributed by atoms with Crippen molar-refractivity contribution < 1.29 is 19.7 Å². The van der Waals surface area contributed by atoms with E-state index in [-0.39, 0.29) is 18.8 Å². The first-order valence-electron chi connectivity index (χ1n) is 7.79. The third kappa shape index (κ3) is 4.91. The SMILES string of the molecule is CCC(O)CC(O)COc1ccccc1C(=O)c1ccccc1. The molecule has 0 aliphatic heterocycles. The summed E-state index contributed by atoms with van der Waals surface area (Å²) in [5.74, 6) is 0.315. The fourth-order valence-electron chi connectivity index (χ4n) is 2.26. The third-order valence-corrected chi connectivity index (χ3v) is 3.61. The van der Waals surface area contributed by atoms with Crippen molar-refractivity contribution in [1.82, 2.24) is 0 Å². The molecule has 0 heterocycles. The first kappa shape index (κ1) is 17.2. The molecular weight excluding hydrogens is 292 g/mol. The van der Waals surface area contributed by atoms with Gasteiger partial charge in [-0.05, 0) is 18.6 Å². The molecule has 0 aromatic heterocycles. The van der Waals surface area contributed by atoms with Crippen molar-refractivity contribution in [1.29, 1.82) is 0 Å². The molecule has 2 aromatic carbocycles. The maximum absolute atomic E-state index is 12.6. The van der Waals surface area contributed by atoms with Crippen molar-refractivity contribution in [2.75, 3.05) is 6.61 Å². The molecule has 0 amide bonds. The minimum Gasteiger partial charge on any atom is -0.490 e. The molecule has 0 bridgehead atoms. The van der Waals surface area contributed by atoms with Gasteiger partial charge < -0.3 is 14.9 Å². The van der Waals surface area contributed by atoms with Crippen LogP contribution < -0.4 is 4.74 Å². The normalized spacial score (nSPS) is 13.3. The third-order valence-electron chi connectivity index (χ3n) is 3.61. The molecule has 2 atom stereocenters. The van der Waals surface area contributed by atoms with Gasteiger partial charge in [0.1, 0.15) is 12.4 Å². The van der Waals surface area contributed by atoms with E-state index in [0.717, 1.165) is 0 Å². The molecule has 2 rings (SSSR count). The number of carbonyl (C=O) groups excluding carboxylic acids is 1. The van der Waals surface area contributed by atoms with E-state index in [1.165, 1.54) is 0 Å². The van der Waals surface area contributed by atoms with Crippen molar-refractivity contribution in [2.45, 2.75) is 32.0 Å². The smallest absolute Gasteiger partial charge is 0.196 e. The van der Waals surface area contributed by atoms with E-state index in [0.29, 0.717) is 23.3 Å². The van der Waals surface area contributed by atoms with Gasteiger partial charge in [0.05, 0.1) is 17.8 Å². The van der Waals surface area contributed by atoms with Crippen LogP contribution in [0.5, 0.6) is 5.75 Å². The molecule has 122 valence electrons. The quantitative estimate of drug-likeness (QED) is 0.735. The monoisotopic (exact) mass is 314 g/mol. The zero-order chi connectivity index (χ0) is 16.7. The van der Waals surface area contributed by atoms with Crippen LogP contribution in [0.4, 0.5) is 0 Å². The molecule has 0 aliphatic rings. The van der Waals surface area contributed by atoms with Crippen molar-refractivity contribution >= 4 is 5.78 Å². The molecule has 4 heteroatoms. The number of benzene rings is 2. The van der Waals surface area contributed by atoms with Crippen LogP contribution >= 0.6 is 0 Å². The van der Waals surface area contributed by atoms with E-state index < -0.39 is 12.2 Å². The van der Waals surface area contributed by atoms with Crippen LogP contribution in [0.15, 0.2) is 54.6 Å². The summed E-state index contributed by atoms with van der Waals surface area (Å²) >= 11 is 0. The molecule has 4 nitrogen and oxygen atoms in total. The van der Waals surface area contributed by atoms with Gasteiger partial charge in [-0.1, -0.05) is 49.4 Å². The van der Waals surface area contributed by atoms with E-state index in [9.17, 15) is 15.0 Å². The van der Waals surface area contributed by atoms with E-state index in [1.54, 1.807) is 36.4 Å². The van der Waals surface area contributed by atoms with Gasteiger partial charge >= 0.3 is 0 Å². The summed E-state index contributed by atoms with van der Waals surface area (Å²) in [6.07, 6.45) is -0.481. The first-order chi connectivity index (χ1) is 11.1. The molecule has 2 unspecified atom stereocenters. The Morgan fingerprint density at radius 2 is 1.65 bits per heavy atom. The van der Waals surface area contributed by atoms with Crippen molar-refractivity contribution in [3.05, 3.63) is 65.7 Å². The van der Waals surface area contributed by atoms with Crippen LogP contribution in [0.25, 0.3) is 0 Å². The highest BCUT2D eigenvalue weighted by molar-refractivity contribution is 6.10. The fraction of sp³-hybridized carbons (Fsp3) is 0.316. The highest BCUT2D eigenvalue weighted by atomic mass is 16.5. The van der Waals surface area contributed by atoms with Crippen LogP contribution in [0.2, 0.25) is 0 Å². The number of carbonyl (C=O) groups is 1. The van der Waals surface area contributed by atoms with Crippen LogP contribution in [0.3, 0.4) is 0 Å². The largest absolute Gasteiger partial charge is 0.490 e. The number of hydrogen-bond donors (Lipinski definition) is 2. The Hall–Kier alpha value is -2.17. The highest BCUT2D eigenvalue weighted by Gasteiger charge is 2.16. The fourth-order valence-corrected chi connectivity index (χ4v) is 2.26. The zero-order valence-corrected chi connectivity index (χ0v) is 13.2. The lowest BCUT2D eigenvalue weighted by molar-refractivity contribution is 0.0474. The Morgan fingerprint density at radius 3 is 2.35 bits per heavy atom. The number of ketones is 1. The van der Waals surface area contributed by atoms with E-state index in [4.69, 9.17) is 4.74 Å². The zero-order valence-electron chi connectivity index (χ0n) is 13.2. The molecule has 2 N–H and O–H groups in total. The van der Waals surface area contributed by atoms with E-state index in [1.807, 2.05) is 25.1 Å². The lowest BCUT2D eigenvalue weighted by Crippen LogP contribution is -2.24. The predicted octanol–water partition coefficient (Wildman–Crippen LogP) is 2.82. The Kier molecular flexibility index (Phi) is 6.32. The summed E-state index contributed by atoms with van der Waals surface area (Å²) in [4.78, 5) is 12.6. The second kappa shape index (κ2) is 8.46. The summed E-state index contributed by atoms with van der Waals surface area (Å²) in [6.45, 7) is 1.89. The number of aliphatic hydroxyl groups is 2. The molecule has 0 radical (unpaired) electrons. The Balaban J connectivity index is 2.07. The van der Waals surface area contributed by atoms with Crippen LogP contribution in [0.1, 0.15) is 35.7 Å². The molecule has 2 aromatic rings. The summed E-state index contributed by atoms with van der Waals surface area (Å²) in [5.41, 5.74) is 1.05. The second-order valence-corrected chi connectivity index (χ2v) is 5.45. The Bertz CT molecular complexity index is 624. The Labute approximate surface area is 136 Å². The standard InChI is InChI=1S/C19H22O4/c1-2-15(20)12-16(21)13-23-18-11-7-6-10-17(18)19(22)14-8-4-3-5-9-14/h3-11,15-16,20-21H,2,12-13H2,1H3. The van der Waals surface area contributed by atoms with Crippen molar-refractivity contribution in [3.8, 4) is 5.75 Å². The number of rotatable bonds is 8. The summed E-state index contributed by atoms with van der Waals surface area (Å²) in [6, 6.07) is 16.0. The van der Waals surface area contributed by atoms with E-state index >= 15 is 0 Å². The van der Waals surface area contributed by atoms with Gasteiger partial charge in [0.2, 0.25) is 0 Å². The minimum atomic E-state index is -0.773. The minimum absolute atomic E-state index is 0.0378. The molecule has 0 spiro atoms. The van der Waals surface area contributed by atoms with Gasteiger partial charge in [0.25, 0.3) is 0 Å². The molecule has 0 fully saturated rings. The maximum atomic E-state index is 12.6. The molecule has 0 saturated carbocycles. The average molecular weight is 314 g/mol. The number of ether oxygens (including phenoxy) is 1. The molecule has 0 saturated heterocycles. The Morgan fingerprint density at radius 1 is 1.00 bits per heavy atom. The van der Waals surface area contributed by atoms with Gasteiger partial charge in [-0.15, -0.1) is 0 Å².